The van der Waals surface area contributed by atoms with E-state index < -0.39 is 5.97 Å². The van der Waals surface area contributed by atoms with Gasteiger partial charge in [0.1, 0.15) is 25.6 Å². The number of amides is 1. The maximum Gasteiger partial charge on any atom is 0.251 e. The van der Waals surface area contributed by atoms with Crippen LogP contribution in [0.4, 0.5) is 5.69 Å². The minimum atomic E-state index is -1.32. The summed E-state index contributed by atoms with van der Waals surface area (Å²) in [7, 11) is 9.34. The van der Waals surface area contributed by atoms with Crippen LogP contribution in [-0.2, 0) is 0 Å². The molecule has 2 atom stereocenters. The standard InChI is InChI=1S/C26H27N3O4/c1-27-25(30)15-6-9-18(21(12-15)26(31)32)24-19-10-7-16(28(2)3)13-22(19)33-23-14-17(29(4)5)8-11-20(23)24/h6-14,19,24H,1-5H3,(H-,27,30,31,32). The van der Waals surface area contributed by atoms with Gasteiger partial charge in [-0.25, -0.2) is 4.58 Å². The number of carboxylic acids is 1. The third-order valence-corrected chi connectivity index (χ3v) is 6.14. The van der Waals surface area contributed by atoms with Crippen molar-refractivity contribution in [3.63, 3.8) is 0 Å². The highest BCUT2D eigenvalue weighted by Crippen LogP contribution is 2.49. The molecule has 2 aliphatic rings. The minimum absolute atomic E-state index is 0.000715. The Bertz CT molecular complexity index is 1240. The Hall–Kier alpha value is -3.87. The monoisotopic (exact) mass is 445 g/mol. The smallest absolute Gasteiger partial charge is 0.251 e. The van der Waals surface area contributed by atoms with Crippen molar-refractivity contribution in [3.05, 3.63) is 82.6 Å². The fourth-order valence-corrected chi connectivity index (χ4v) is 4.36. The van der Waals surface area contributed by atoms with Crippen LogP contribution in [0.15, 0.2) is 60.4 Å². The molecule has 7 nitrogen and oxygen atoms in total. The van der Waals surface area contributed by atoms with E-state index in [0.717, 1.165) is 22.7 Å². The van der Waals surface area contributed by atoms with Gasteiger partial charge in [-0.3, -0.25) is 4.79 Å². The van der Waals surface area contributed by atoms with E-state index in [0.29, 0.717) is 11.3 Å². The first-order chi connectivity index (χ1) is 15.7. The van der Waals surface area contributed by atoms with Crippen LogP contribution < -0.4 is 20.1 Å². The Balaban J connectivity index is 1.94. The molecule has 0 aromatic heterocycles. The molecule has 2 aromatic carbocycles. The van der Waals surface area contributed by atoms with Crippen molar-refractivity contribution < 1.29 is 24.0 Å². The van der Waals surface area contributed by atoms with Crippen molar-refractivity contribution in [2.24, 2.45) is 5.92 Å². The Kier molecular flexibility index (Phi) is 5.80. The molecule has 4 rings (SSSR count). The van der Waals surface area contributed by atoms with Crippen molar-refractivity contribution in [2.75, 3.05) is 40.1 Å². The number of nitrogens with one attached hydrogen (secondary N) is 1. The van der Waals surface area contributed by atoms with Crippen LogP contribution in [0.2, 0.25) is 0 Å². The zero-order valence-corrected chi connectivity index (χ0v) is 19.4. The van der Waals surface area contributed by atoms with Gasteiger partial charge in [-0.1, -0.05) is 18.2 Å². The van der Waals surface area contributed by atoms with Crippen LogP contribution >= 0.6 is 0 Å². The third kappa shape index (κ3) is 4.02. The number of carbonyl (C=O) groups is 2. The SMILES string of the molecule is CNC(=O)c1ccc(C2c3ccc(N(C)C)cc3OC3=CC(=[N+](C)C)C=CC32)c(C(=O)[O-])c1. The van der Waals surface area contributed by atoms with Gasteiger partial charge >= 0.3 is 0 Å². The maximum atomic E-state index is 12.2. The van der Waals surface area contributed by atoms with E-state index in [2.05, 4.69) is 5.32 Å². The number of allylic oxidation sites excluding steroid dienone is 3. The first kappa shape index (κ1) is 22.3. The normalized spacial score (nSPS) is 18.5. The quantitative estimate of drug-likeness (QED) is 0.726. The van der Waals surface area contributed by atoms with Gasteiger partial charge in [0.25, 0.3) is 5.91 Å². The molecule has 1 heterocycles. The van der Waals surface area contributed by atoms with E-state index in [1.807, 2.05) is 74.1 Å². The third-order valence-electron chi connectivity index (χ3n) is 6.14. The number of nitrogens with zero attached hydrogens (tertiary/aromatic N) is 2. The van der Waals surface area contributed by atoms with Gasteiger partial charge in [0.15, 0.2) is 0 Å². The van der Waals surface area contributed by atoms with E-state index in [1.54, 1.807) is 12.1 Å². The zero-order valence-electron chi connectivity index (χ0n) is 19.4. The van der Waals surface area contributed by atoms with Crippen LogP contribution in [0.5, 0.6) is 5.75 Å². The van der Waals surface area contributed by atoms with Gasteiger partial charge in [-0.2, -0.15) is 0 Å². The molecule has 7 heteroatoms. The molecule has 2 unspecified atom stereocenters. The molecule has 1 N–H and O–H groups in total. The number of hydrogen-bond donors (Lipinski definition) is 1. The molecule has 1 aliphatic carbocycles. The number of benzene rings is 2. The summed E-state index contributed by atoms with van der Waals surface area (Å²) in [5.74, 6) is -0.760. The minimum Gasteiger partial charge on any atom is -0.545 e. The van der Waals surface area contributed by atoms with E-state index in [1.165, 1.54) is 13.1 Å². The number of ether oxygens (including phenoxy) is 1. The molecule has 0 bridgehead atoms. The van der Waals surface area contributed by atoms with E-state index in [4.69, 9.17) is 4.74 Å². The van der Waals surface area contributed by atoms with Gasteiger partial charge in [0.2, 0.25) is 5.71 Å². The Labute approximate surface area is 193 Å². The number of carboxylic acid groups (broad SMARTS) is 1. The zero-order chi connectivity index (χ0) is 23.9. The van der Waals surface area contributed by atoms with Crippen molar-refractivity contribution in [1.82, 2.24) is 5.32 Å². The van der Waals surface area contributed by atoms with Crippen LogP contribution in [0.1, 0.15) is 37.8 Å². The first-order valence-corrected chi connectivity index (χ1v) is 10.7. The number of fused-ring (bicyclic) bond motifs is 2. The second-order valence-electron chi connectivity index (χ2n) is 8.62. The van der Waals surface area contributed by atoms with Gasteiger partial charge in [0, 0.05) is 73.6 Å². The molecule has 0 radical (unpaired) electrons. The topological polar surface area (TPSA) is 84.7 Å². The fourth-order valence-electron chi connectivity index (χ4n) is 4.36. The lowest BCUT2D eigenvalue weighted by Gasteiger charge is -2.36. The number of carbonyl (C=O) groups excluding carboxylic acids is 2. The lowest BCUT2D eigenvalue weighted by molar-refractivity contribution is -0.462. The summed E-state index contributed by atoms with van der Waals surface area (Å²) in [6, 6.07) is 10.7. The van der Waals surface area contributed by atoms with Crippen molar-refractivity contribution in [2.45, 2.75) is 5.92 Å². The van der Waals surface area contributed by atoms with Gasteiger partial charge < -0.3 is 24.9 Å². The molecule has 0 saturated carbocycles. The molecule has 0 fully saturated rings. The predicted octanol–water partition coefficient (Wildman–Crippen LogP) is 1.78. The van der Waals surface area contributed by atoms with E-state index in [9.17, 15) is 14.7 Å². The summed E-state index contributed by atoms with van der Waals surface area (Å²) in [6.07, 6.45) is 6.05. The highest BCUT2D eigenvalue weighted by Gasteiger charge is 2.38. The van der Waals surface area contributed by atoms with Crippen LogP contribution in [0, 0.1) is 5.92 Å². The molecule has 0 saturated heterocycles. The summed E-state index contributed by atoms with van der Waals surface area (Å²) < 4.78 is 8.34. The van der Waals surface area contributed by atoms with Crippen molar-refractivity contribution in [3.8, 4) is 5.75 Å². The second-order valence-corrected chi connectivity index (χ2v) is 8.62. The number of anilines is 1. The lowest BCUT2D eigenvalue weighted by atomic mass is 9.74. The number of rotatable bonds is 4. The fraction of sp³-hybridized carbons (Fsp3) is 0.269. The number of hydrogen-bond acceptors (Lipinski definition) is 5. The highest BCUT2D eigenvalue weighted by atomic mass is 16.5. The average molecular weight is 446 g/mol. The average Bonchev–Trinajstić information content (AvgIpc) is 2.80. The molecule has 170 valence electrons. The summed E-state index contributed by atoms with van der Waals surface area (Å²) in [4.78, 5) is 26.3. The summed E-state index contributed by atoms with van der Waals surface area (Å²) in [5, 5.41) is 14.7. The molecular formula is C26H27N3O4. The summed E-state index contributed by atoms with van der Waals surface area (Å²) in [5.41, 5.74) is 3.70. The predicted molar refractivity (Wildman–Crippen MR) is 125 cm³/mol. The number of aromatic carboxylic acids is 1. The largest absolute Gasteiger partial charge is 0.545 e. The molecule has 1 aliphatic heterocycles. The Morgan fingerprint density at radius 1 is 1.09 bits per heavy atom. The molecule has 1 amide bonds. The molecule has 2 aromatic rings. The van der Waals surface area contributed by atoms with Crippen molar-refractivity contribution >= 4 is 23.3 Å². The van der Waals surface area contributed by atoms with Crippen molar-refractivity contribution in [1.29, 1.82) is 0 Å². The van der Waals surface area contributed by atoms with E-state index >= 15 is 0 Å². The van der Waals surface area contributed by atoms with Crippen LogP contribution in [-0.4, -0.2) is 57.4 Å². The molecule has 0 spiro atoms. The lowest BCUT2D eigenvalue weighted by Crippen LogP contribution is -2.31. The highest BCUT2D eigenvalue weighted by molar-refractivity contribution is 6.02. The van der Waals surface area contributed by atoms with Crippen LogP contribution in [0.25, 0.3) is 0 Å². The Morgan fingerprint density at radius 3 is 2.45 bits per heavy atom. The Morgan fingerprint density at radius 2 is 1.82 bits per heavy atom. The van der Waals surface area contributed by atoms with E-state index in [-0.39, 0.29) is 28.9 Å². The first-order valence-electron chi connectivity index (χ1n) is 10.7. The van der Waals surface area contributed by atoms with Crippen LogP contribution in [0.3, 0.4) is 0 Å². The summed E-state index contributed by atoms with van der Waals surface area (Å²) >= 11 is 0. The molecule has 33 heavy (non-hydrogen) atoms. The summed E-state index contributed by atoms with van der Waals surface area (Å²) in [6.45, 7) is 0. The molecular weight excluding hydrogens is 418 g/mol. The maximum absolute atomic E-state index is 12.2. The second kappa shape index (κ2) is 8.58. The van der Waals surface area contributed by atoms with Gasteiger partial charge in [0.05, 0.1) is 5.97 Å². The van der Waals surface area contributed by atoms with Gasteiger partial charge in [-0.05, 0) is 23.8 Å². The van der Waals surface area contributed by atoms with Gasteiger partial charge in [-0.15, -0.1) is 0 Å².